The Morgan fingerprint density at radius 2 is 1.56 bits per heavy atom. The average molecular weight is 489 g/mol. The van der Waals surface area contributed by atoms with Crippen molar-refractivity contribution in [3.8, 4) is 0 Å². The normalized spacial score (nSPS) is 41.4. The quantitative estimate of drug-likeness (QED) is 0.389. The van der Waals surface area contributed by atoms with Crippen LogP contribution in [0.4, 0.5) is 0 Å². The lowest BCUT2D eigenvalue weighted by atomic mass is 9.60. The van der Waals surface area contributed by atoms with E-state index in [1.807, 2.05) is 13.0 Å². The van der Waals surface area contributed by atoms with Crippen LogP contribution in [0.3, 0.4) is 0 Å². The molecule has 1 spiro atoms. The highest BCUT2D eigenvalue weighted by Crippen LogP contribution is 2.72. The fraction of sp³-hybridized carbons (Fsp3) is 0.862. The van der Waals surface area contributed by atoms with Gasteiger partial charge in [-0.25, -0.2) is 0 Å². The molecule has 0 amide bonds. The van der Waals surface area contributed by atoms with Crippen molar-refractivity contribution in [1.82, 2.24) is 0 Å². The molecule has 0 saturated heterocycles. The predicted octanol–water partition coefficient (Wildman–Crippen LogP) is 6.74. The highest BCUT2D eigenvalue weighted by Gasteiger charge is 2.75. The number of Topliss-reactive ketones (excluding diaryl/α,β-unsaturated/α-hetero) is 2. The Morgan fingerprint density at radius 1 is 1.00 bits per heavy atom. The summed E-state index contributed by atoms with van der Waals surface area (Å²) in [5.41, 5.74) is 0.200. The van der Waals surface area contributed by atoms with E-state index in [9.17, 15) is 9.59 Å². The van der Waals surface area contributed by atoms with Crippen LogP contribution in [-0.4, -0.2) is 38.7 Å². The molecular formula is C29H48O4Si. The van der Waals surface area contributed by atoms with E-state index in [2.05, 4.69) is 62.3 Å². The Bertz CT molecular complexity index is 880. The summed E-state index contributed by atoms with van der Waals surface area (Å²) in [6.07, 6.45) is 4.08. The number of carbonyl (C=O) groups excluding carboxylic acids is 2. The highest BCUT2D eigenvalue weighted by molar-refractivity contribution is 6.77. The van der Waals surface area contributed by atoms with Gasteiger partial charge in [-0.3, -0.25) is 9.59 Å². The van der Waals surface area contributed by atoms with Gasteiger partial charge in [-0.15, -0.1) is 0 Å². The summed E-state index contributed by atoms with van der Waals surface area (Å²) in [7, 11) is -0.553. The molecule has 192 valence electrons. The number of hydrogen-bond acceptors (Lipinski definition) is 4. The molecule has 4 nitrogen and oxygen atoms in total. The van der Waals surface area contributed by atoms with Gasteiger partial charge in [0.15, 0.2) is 5.78 Å². The number of methoxy groups -OCH3 is 1. The SMILES string of the molecule is CO[C@]12C[C@@H](O[Si](C(C)C)(C(C)C)C(C)C)C[C@@H]3C(=O)[C@]1(C=C(C)C2=O)[C@H](C)C[C@@H]1[C@H]3C1(C)C. The van der Waals surface area contributed by atoms with Crippen molar-refractivity contribution in [3.05, 3.63) is 11.6 Å². The number of rotatable bonds is 6. The van der Waals surface area contributed by atoms with Gasteiger partial charge in [-0.2, -0.15) is 0 Å². The first-order valence-electron chi connectivity index (χ1n) is 13.7. The van der Waals surface area contributed by atoms with E-state index < -0.39 is 19.3 Å². The van der Waals surface area contributed by atoms with Gasteiger partial charge >= 0.3 is 0 Å². The lowest BCUT2D eigenvalue weighted by molar-refractivity contribution is -0.167. The van der Waals surface area contributed by atoms with Gasteiger partial charge in [0.1, 0.15) is 11.4 Å². The molecule has 0 aromatic heterocycles. The summed E-state index contributed by atoms with van der Waals surface area (Å²) in [4.78, 5) is 28.5. The smallest absolute Gasteiger partial charge is 0.200 e. The molecule has 0 aromatic rings. The number of carbonyl (C=O) groups is 2. The first-order chi connectivity index (χ1) is 15.6. The minimum absolute atomic E-state index is 0.00481. The van der Waals surface area contributed by atoms with Crippen molar-refractivity contribution in [3.63, 3.8) is 0 Å². The van der Waals surface area contributed by atoms with Crippen LogP contribution in [0, 0.1) is 34.5 Å². The molecule has 0 radical (unpaired) electrons. The van der Waals surface area contributed by atoms with E-state index >= 15 is 0 Å². The van der Waals surface area contributed by atoms with Gasteiger partial charge in [-0.05, 0) is 65.1 Å². The Morgan fingerprint density at radius 3 is 2.06 bits per heavy atom. The van der Waals surface area contributed by atoms with Gasteiger partial charge in [0.25, 0.3) is 0 Å². The summed E-state index contributed by atoms with van der Waals surface area (Å²) in [6.45, 7) is 22.6. The van der Waals surface area contributed by atoms with Crippen LogP contribution in [-0.2, 0) is 18.8 Å². The van der Waals surface area contributed by atoms with Crippen LogP contribution in [0.1, 0.15) is 88.5 Å². The van der Waals surface area contributed by atoms with E-state index in [4.69, 9.17) is 9.16 Å². The molecule has 4 aliphatic rings. The fourth-order valence-electron chi connectivity index (χ4n) is 9.49. The van der Waals surface area contributed by atoms with Crippen molar-refractivity contribution in [2.75, 3.05) is 7.11 Å². The summed E-state index contributed by atoms with van der Waals surface area (Å²) >= 11 is 0. The maximum absolute atomic E-state index is 14.6. The number of ether oxygens (including phenoxy) is 1. The summed E-state index contributed by atoms with van der Waals surface area (Å²) in [5, 5.41) is 0. The van der Waals surface area contributed by atoms with Gasteiger partial charge < -0.3 is 9.16 Å². The summed E-state index contributed by atoms with van der Waals surface area (Å²) < 4.78 is 13.6. The van der Waals surface area contributed by atoms with Gasteiger partial charge in [-0.1, -0.05) is 68.4 Å². The molecule has 0 unspecified atom stereocenters. The standard InChI is InChI=1S/C29H48O4Si/c1-16(2)34(17(3)4,18(5)6)33-21-13-22-24-23(27(24,9)10)12-20(8)28(26(22)31)14-19(7)25(30)29(28,15-21)32-11/h14,16-18,20-24H,12-13,15H2,1-11H3/t20-,21+,22+,23-,24+,28+,29+/m1/s1. The second kappa shape index (κ2) is 8.11. The van der Waals surface area contributed by atoms with Crippen LogP contribution in [0.5, 0.6) is 0 Å². The Hall–Kier alpha value is -0.783. The Balaban J connectivity index is 1.88. The Labute approximate surface area is 208 Å². The van der Waals surface area contributed by atoms with Crippen molar-refractivity contribution < 1.29 is 18.8 Å². The molecular weight excluding hydrogens is 440 g/mol. The molecule has 4 aliphatic carbocycles. The minimum Gasteiger partial charge on any atom is -0.413 e. The van der Waals surface area contributed by atoms with Crippen LogP contribution in [0.25, 0.3) is 0 Å². The van der Waals surface area contributed by atoms with Crippen molar-refractivity contribution in [1.29, 1.82) is 0 Å². The summed E-state index contributed by atoms with van der Waals surface area (Å²) in [5.74, 6) is 1.16. The van der Waals surface area contributed by atoms with Crippen LogP contribution >= 0.6 is 0 Å². The van der Waals surface area contributed by atoms with Gasteiger partial charge in [0, 0.05) is 25.6 Å². The lowest BCUT2D eigenvalue weighted by Gasteiger charge is -2.48. The molecule has 0 N–H and O–H groups in total. The van der Waals surface area contributed by atoms with E-state index in [-0.39, 0.29) is 34.9 Å². The zero-order chi connectivity index (χ0) is 25.6. The maximum Gasteiger partial charge on any atom is 0.200 e. The maximum atomic E-state index is 14.6. The molecule has 7 atom stereocenters. The van der Waals surface area contributed by atoms with Gasteiger partial charge in [0.2, 0.25) is 8.32 Å². The zero-order valence-corrected chi connectivity index (χ0v) is 24.5. The van der Waals surface area contributed by atoms with Crippen LogP contribution in [0.15, 0.2) is 11.6 Å². The summed E-state index contributed by atoms with van der Waals surface area (Å²) in [6, 6.07) is 0. The second-order valence-electron chi connectivity index (χ2n) is 13.6. The second-order valence-corrected chi connectivity index (χ2v) is 19.0. The molecule has 2 bridgehead atoms. The van der Waals surface area contributed by atoms with E-state index in [1.54, 1.807) is 7.11 Å². The first-order valence-corrected chi connectivity index (χ1v) is 15.8. The predicted molar refractivity (Wildman–Crippen MR) is 139 cm³/mol. The molecule has 34 heavy (non-hydrogen) atoms. The molecule has 3 saturated carbocycles. The number of hydrogen-bond donors (Lipinski definition) is 0. The molecule has 5 heteroatoms. The van der Waals surface area contributed by atoms with Crippen LogP contribution < -0.4 is 0 Å². The third kappa shape index (κ3) is 3.08. The first kappa shape index (κ1) is 26.3. The lowest BCUT2D eigenvalue weighted by Crippen LogP contribution is -2.59. The third-order valence-electron chi connectivity index (χ3n) is 11.0. The molecule has 0 heterocycles. The van der Waals surface area contributed by atoms with E-state index in [0.717, 1.165) is 12.8 Å². The molecule has 4 rings (SSSR count). The topological polar surface area (TPSA) is 52.6 Å². The fourth-order valence-corrected chi connectivity index (χ4v) is 15.1. The Kier molecular flexibility index (Phi) is 6.27. The molecule has 3 fully saturated rings. The largest absolute Gasteiger partial charge is 0.413 e. The molecule has 0 aliphatic heterocycles. The number of ketones is 2. The van der Waals surface area contributed by atoms with Crippen LogP contribution in [0.2, 0.25) is 16.6 Å². The molecule has 0 aromatic carbocycles. The monoisotopic (exact) mass is 488 g/mol. The van der Waals surface area contributed by atoms with Crippen molar-refractivity contribution >= 4 is 19.9 Å². The highest BCUT2D eigenvalue weighted by atomic mass is 28.4. The third-order valence-corrected chi connectivity index (χ3v) is 17.2. The van der Waals surface area contributed by atoms with E-state index in [0.29, 0.717) is 40.5 Å². The van der Waals surface area contributed by atoms with Crippen molar-refractivity contribution in [2.45, 2.75) is 117 Å². The van der Waals surface area contributed by atoms with Crippen molar-refractivity contribution in [2.24, 2.45) is 34.5 Å². The zero-order valence-electron chi connectivity index (χ0n) is 23.5. The minimum atomic E-state index is -2.20. The number of fused-ring (bicyclic) bond motifs is 3. The van der Waals surface area contributed by atoms with Gasteiger partial charge in [0.05, 0.1) is 5.41 Å². The average Bonchev–Trinajstić information content (AvgIpc) is 3.24. The van der Waals surface area contributed by atoms with E-state index in [1.165, 1.54) is 0 Å².